The summed E-state index contributed by atoms with van der Waals surface area (Å²) in [5.74, 6) is 0. The predicted octanol–water partition coefficient (Wildman–Crippen LogP) is 3.31. The van der Waals surface area contributed by atoms with E-state index in [1.807, 2.05) is 60.7 Å². The third-order valence-corrected chi connectivity index (χ3v) is 2.82. The molecule has 0 amide bonds. The molecule has 0 spiro atoms. The number of ether oxygens (including phenoxy) is 2. The lowest BCUT2D eigenvalue weighted by molar-refractivity contribution is -0.00154. The van der Waals surface area contributed by atoms with Gasteiger partial charge in [0.15, 0.2) is 6.10 Å². The van der Waals surface area contributed by atoms with Crippen molar-refractivity contribution in [1.82, 2.24) is 0 Å². The van der Waals surface area contributed by atoms with E-state index in [0.29, 0.717) is 13.2 Å². The molecule has 0 radical (unpaired) electrons. The molecule has 0 bridgehead atoms. The molecule has 20 heavy (non-hydrogen) atoms. The Bertz CT molecular complexity index is 534. The van der Waals surface area contributed by atoms with Gasteiger partial charge >= 0.3 is 0 Å². The van der Waals surface area contributed by atoms with Crippen molar-refractivity contribution in [2.24, 2.45) is 0 Å². The molecule has 0 aliphatic rings. The zero-order valence-corrected chi connectivity index (χ0v) is 11.2. The minimum absolute atomic E-state index is 0.276. The maximum absolute atomic E-state index is 9.05. The second-order valence-electron chi connectivity index (χ2n) is 4.42. The molecule has 0 aliphatic carbocycles. The third kappa shape index (κ3) is 4.85. The third-order valence-electron chi connectivity index (χ3n) is 2.82. The molecule has 0 heterocycles. The molecule has 2 rings (SSSR count). The lowest BCUT2D eigenvalue weighted by atomic mass is 10.2. The van der Waals surface area contributed by atoms with Gasteiger partial charge in [-0.25, -0.2) is 0 Å². The summed E-state index contributed by atoms with van der Waals surface area (Å²) >= 11 is 0. The van der Waals surface area contributed by atoms with E-state index >= 15 is 0 Å². The summed E-state index contributed by atoms with van der Waals surface area (Å²) in [5, 5.41) is 9.05. The summed E-state index contributed by atoms with van der Waals surface area (Å²) in [5.41, 5.74) is 2.14. The van der Waals surface area contributed by atoms with E-state index in [4.69, 9.17) is 14.7 Å². The number of hydrogen-bond donors (Lipinski definition) is 0. The first-order chi connectivity index (χ1) is 9.88. The van der Waals surface area contributed by atoms with E-state index in [-0.39, 0.29) is 6.61 Å². The lowest BCUT2D eigenvalue weighted by Crippen LogP contribution is -2.17. The maximum atomic E-state index is 9.05. The van der Waals surface area contributed by atoms with Gasteiger partial charge in [0.2, 0.25) is 0 Å². The fraction of sp³-hybridized carbons (Fsp3) is 0.235. The van der Waals surface area contributed by atoms with Gasteiger partial charge in [-0.05, 0) is 11.1 Å². The molecule has 2 aromatic carbocycles. The minimum atomic E-state index is -0.543. The summed E-state index contributed by atoms with van der Waals surface area (Å²) in [7, 11) is 0. The van der Waals surface area contributed by atoms with E-state index in [9.17, 15) is 0 Å². The molecule has 2 aromatic rings. The van der Waals surface area contributed by atoms with Crippen LogP contribution < -0.4 is 0 Å². The molecule has 0 aromatic heterocycles. The molecule has 0 saturated carbocycles. The summed E-state index contributed by atoms with van der Waals surface area (Å²) in [6.45, 7) is 1.19. The van der Waals surface area contributed by atoms with E-state index < -0.39 is 6.10 Å². The summed E-state index contributed by atoms with van der Waals surface area (Å²) < 4.78 is 11.0. The summed E-state index contributed by atoms with van der Waals surface area (Å²) in [4.78, 5) is 0. The van der Waals surface area contributed by atoms with Crippen molar-refractivity contribution < 1.29 is 9.47 Å². The molecule has 3 heteroatoms. The van der Waals surface area contributed by atoms with Crippen LogP contribution in [0.25, 0.3) is 0 Å². The molecule has 0 aliphatic heterocycles. The molecular weight excluding hydrogens is 250 g/mol. The summed E-state index contributed by atoms with van der Waals surface area (Å²) in [6, 6.07) is 21.8. The van der Waals surface area contributed by atoms with Crippen molar-refractivity contribution in [1.29, 1.82) is 5.26 Å². The monoisotopic (exact) mass is 267 g/mol. The number of rotatable bonds is 7. The van der Waals surface area contributed by atoms with Crippen LogP contribution in [0.4, 0.5) is 0 Å². The van der Waals surface area contributed by atoms with Crippen LogP contribution in [0.5, 0.6) is 0 Å². The average molecular weight is 267 g/mol. The van der Waals surface area contributed by atoms with Crippen molar-refractivity contribution in [2.75, 3.05) is 6.61 Å². The van der Waals surface area contributed by atoms with Gasteiger partial charge in [0.25, 0.3) is 0 Å². The van der Waals surface area contributed by atoms with Gasteiger partial charge in [0.1, 0.15) is 0 Å². The molecule has 3 nitrogen and oxygen atoms in total. The van der Waals surface area contributed by atoms with Crippen molar-refractivity contribution in [3.05, 3.63) is 71.8 Å². The Morgan fingerprint density at radius 3 is 1.95 bits per heavy atom. The molecular formula is C17H17NO2. The van der Waals surface area contributed by atoms with Gasteiger partial charge < -0.3 is 9.47 Å². The van der Waals surface area contributed by atoms with Crippen LogP contribution in [0.1, 0.15) is 11.1 Å². The SMILES string of the molecule is N#CC(COCc1ccccc1)OCc1ccccc1. The van der Waals surface area contributed by atoms with Crippen LogP contribution in [0, 0.1) is 11.3 Å². The Morgan fingerprint density at radius 1 is 0.850 bits per heavy atom. The van der Waals surface area contributed by atoms with Crippen LogP contribution in [-0.2, 0) is 22.7 Å². The number of hydrogen-bond acceptors (Lipinski definition) is 3. The molecule has 102 valence electrons. The van der Waals surface area contributed by atoms with Crippen molar-refractivity contribution in [3.63, 3.8) is 0 Å². The van der Waals surface area contributed by atoms with Crippen LogP contribution in [0.15, 0.2) is 60.7 Å². The fourth-order valence-electron chi connectivity index (χ4n) is 1.75. The van der Waals surface area contributed by atoms with Crippen LogP contribution in [0.3, 0.4) is 0 Å². The molecule has 1 atom stereocenters. The zero-order valence-electron chi connectivity index (χ0n) is 11.2. The highest BCUT2D eigenvalue weighted by Crippen LogP contribution is 2.05. The second-order valence-corrected chi connectivity index (χ2v) is 4.42. The Labute approximate surface area is 119 Å². The smallest absolute Gasteiger partial charge is 0.167 e. The number of benzene rings is 2. The topological polar surface area (TPSA) is 42.2 Å². The van der Waals surface area contributed by atoms with Crippen molar-refractivity contribution in [2.45, 2.75) is 19.3 Å². The first-order valence-corrected chi connectivity index (χ1v) is 6.55. The van der Waals surface area contributed by atoms with Crippen LogP contribution in [0.2, 0.25) is 0 Å². The lowest BCUT2D eigenvalue weighted by Gasteiger charge is -2.11. The quantitative estimate of drug-likeness (QED) is 0.773. The van der Waals surface area contributed by atoms with Gasteiger partial charge in [-0.1, -0.05) is 60.7 Å². The predicted molar refractivity (Wildman–Crippen MR) is 76.7 cm³/mol. The van der Waals surface area contributed by atoms with E-state index in [1.165, 1.54) is 0 Å². The minimum Gasteiger partial charge on any atom is -0.373 e. The van der Waals surface area contributed by atoms with E-state index in [1.54, 1.807) is 0 Å². The Balaban J connectivity index is 1.72. The fourth-order valence-corrected chi connectivity index (χ4v) is 1.75. The number of nitriles is 1. The van der Waals surface area contributed by atoms with Crippen LogP contribution >= 0.6 is 0 Å². The van der Waals surface area contributed by atoms with E-state index in [0.717, 1.165) is 11.1 Å². The first-order valence-electron chi connectivity index (χ1n) is 6.55. The highest BCUT2D eigenvalue weighted by molar-refractivity contribution is 5.14. The molecule has 0 saturated heterocycles. The second kappa shape index (κ2) is 8.11. The highest BCUT2D eigenvalue weighted by Gasteiger charge is 2.08. The Morgan fingerprint density at radius 2 is 1.40 bits per heavy atom. The summed E-state index contributed by atoms with van der Waals surface area (Å²) in [6.07, 6.45) is -0.543. The van der Waals surface area contributed by atoms with Crippen molar-refractivity contribution >= 4 is 0 Å². The standard InChI is InChI=1S/C17H17NO2/c18-11-17(20-13-16-9-5-2-6-10-16)14-19-12-15-7-3-1-4-8-15/h1-10,17H,12-14H2. The van der Waals surface area contributed by atoms with E-state index in [2.05, 4.69) is 6.07 Å². The van der Waals surface area contributed by atoms with Gasteiger partial charge in [-0.15, -0.1) is 0 Å². The molecule has 0 N–H and O–H groups in total. The molecule has 1 unspecified atom stereocenters. The first kappa shape index (κ1) is 14.3. The Hall–Kier alpha value is -2.15. The number of nitrogens with zero attached hydrogens (tertiary/aromatic N) is 1. The van der Waals surface area contributed by atoms with Gasteiger partial charge in [-0.3, -0.25) is 0 Å². The van der Waals surface area contributed by atoms with Gasteiger partial charge in [0.05, 0.1) is 25.9 Å². The van der Waals surface area contributed by atoms with Gasteiger partial charge in [-0.2, -0.15) is 5.26 Å². The Kier molecular flexibility index (Phi) is 5.78. The normalized spacial score (nSPS) is 11.8. The van der Waals surface area contributed by atoms with Crippen LogP contribution in [-0.4, -0.2) is 12.7 Å². The molecule has 0 fully saturated rings. The average Bonchev–Trinajstić information content (AvgIpc) is 2.52. The maximum Gasteiger partial charge on any atom is 0.167 e. The van der Waals surface area contributed by atoms with Gasteiger partial charge in [0, 0.05) is 0 Å². The van der Waals surface area contributed by atoms with Crippen molar-refractivity contribution in [3.8, 4) is 6.07 Å². The largest absolute Gasteiger partial charge is 0.373 e. The zero-order chi connectivity index (χ0) is 14.0. The highest BCUT2D eigenvalue weighted by atomic mass is 16.5.